The van der Waals surface area contributed by atoms with Crippen LogP contribution in [0.5, 0.6) is 0 Å². The molecule has 1 aliphatic rings. The number of hydrogen-bond acceptors (Lipinski definition) is 4. The summed E-state index contributed by atoms with van der Waals surface area (Å²) in [6.07, 6.45) is 2.73. The summed E-state index contributed by atoms with van der Waals surface area (Å²) in [7, 11) is 0. The van der Waals surface area contributed by atoms with Crippen molar-refractivity contribution in [1.82, 2.24) is 20.2 Å². The first kappa shape index (κ1) is 17.9. The van der Waals surface area contributed by atoms with Gasteiger partial charge in [-0.2, -0.15) is 0 Å². The van der Waals surface area contributed by atoms with Gasteiger partial charge in [-0.25, -0.2) is 4.98 Å². The maximum absolute atomic E-state index is 12.4. The summed E-state index contributed by atoms with van der Waals surface area (Å²) in [4.78, 5) is 28.6. The smallest absolute Gasteiger partial charge is 0.261 e. The van der Waals surface area contributed by atoms with Crippen LogP contribution in [0, 0.1) is 0 Å². The summed E-state index contributed by atoms with van der Waals surface area (Å²) in [6.45, 7) is 2.09. The zero-order chi connectivity index (χ0) is 15.5. The first-order chi connectivity index (χ1) is 10.6. The second-order valence-corrected chi connectivity index (χ2v) is 6.33. The zero-order valence-corrected chi connectivity index (χ0v) is 14.8. The Kier molecular flexibility index (Phi) is 6.15. The molecule has 1 aromatic carbocycles. The third kappa shape index (κ3) is 4.31. The van der Waals surface area contributed by atoms with Crippen LogP contribution in [0.25, 0.3) is 10.9 Å². The van der Waals surface area contributed by atoms with E-state index in [0.29, 0.717) is 17.4 Å². The molecule has 0 aliphatic carbocycles. The van der Waals surface area contributed by atoms with Crippen LogP contribution in [0.2, 0.25) is 0 Å². The molecule has 8 heteroatoms. The normalized spacial score (nSPS) is 17.0. The standard InChI is InChI=1S/C15H17BrN4O2.ClH/c16-10-1-2-13-12(7-10)15(22)20(9-18-13)6-4-14(21)19-11-3-5-17-8-11;/h1-2,7,9,11,17H,3-6,8H2,(H,19,21);1H. The van der Waals surface area contributed by atoms with Gasteiger partial charge in [0, 0.05) is 30.0 Å². The minimum atomic E-state index is -0.123. The number of carbonyl (C=O) groups excluding carboxylic acids is 1. The van der Waals surface area contributed by atoms with Gasteiger partial charge in [0.1, 0.15) is 0 Å². The molecule has 1 unspecified atom stereocenters. The Bertz CT molecular complexity index is 759. The van der Waals surface area contributed by atoms with Crippen molar-refractivity contribution in [3.8, 4) is 0 Å². The van der Waals surface area contributed by atoms with Crippen molar-refractivity contribution >= 4 is 45.1 Å². The molecule has 1 saturated heterocycles. The van der Waals surface area contributed by atoms with Crippen LogP contribution >= 0.6 is 28.3 Å². The van der Waals surface area contributed by atoms with E-state index in [9.17, 15) is 9.59 Å². The topological polar surface area (TPSA) is 76.0 Å². The van der Waals surface area contributed by atoms with Gasteiger partial charge in [-0.3, -0.25) is 14.2 Å². The lowest BCUT2D eigenvalue weighted by molar-refractivity contribution is -0.121. The van der Waals surface area contributed by atoms with Crippen molar-refractivity contribution in [3.05, 3.63) is 39.4 Å². The van der Waals surface area contributed by atoms with Crippen molar-refractivity contribution in [1.29, 1.82) is 0 Å². The van der Waals surface area contributed by atoms with Crippen LogP contribution < -0.4 is 16.2 Å². The molecule has 1 atom stereocenters. The van der Waals surface area contributed by atoms with Crippen molar-refractivity contribution in [2.24, 2.45) is 0 Å². The van der Waals surface area contributed by atoms with Gasteiger partial charge in [0.2, 0.25) is 5.91 Å². The highest BCUT2D eigenvalue weighted by atomic mass is 79.9. The fraction of sp³-hybridized carbons (Fsp3) is 0.400. The number of rotatable bonds is 4. The van der Waals surface area contributed by atoms with Crippen LogP contribution in [0.1, 0.15) is 12.8 Å². The summed E-state index contributed by atoms with van der Waals surface area (Å²) < 4.78 is 2.32. The third-order valence-electron chi connectivity index (χ3n) is 3.79. The molecular formula is C15H18BrClN4O2. The van der Waals surface area contributed by atoms with Crippen molar-refractivity contribution in [2.75, 3.05) is 13.1 Å². The number of aromatic nitrogens is 2. The lowest BCUT2D eigenvalue weighted by atomic mass is 10.2. The molecular weight excluding hydrogens is 384 g/mol. The SMILES string of the molecule is Cl.O=C(CCn1cnc2ccc(Br)cc2c1=O)NC1CCNC1. The Morgan fingerprint density at radius 2 is 2.30 bits per heavy atom. The molecule has 2 aromatic rings. The molecule has 0 bridgehead atoms. The maximum Gasteiger partial charge on any atom is 0.261 e. The largest absolute Gasteiger partial charge is 0.352 e. The second kappa shape index (κ2) is 7.90. The first-order valence-electron chi connectivity index (χ1n) is 7.28. The summed E-state index contributed by atoms with van der Waals surface area (Å²) in [6, 6.07) is 5.60. The molecule has 2 heterocycles. The Morgan fingerprint density at radius 3 is 3.04 bits per heavy atom. The molecule has 6 nitrogen and oxygen atoms in total. The van der Waals surface area contributed by atoms with Gasteiger partial charge in [0.15, 0.2) is 0 Å². The van der Waals surface area contributed by atoms with Crippen LogP contribution in [0.4, 0.5) is 0 Å². The highest BCUT2D eigenvalue weighted by Crippen LogP contribution is 2.14. The van der Waals surface area contributed by atoms with Crippen LogP contribution in [0.3, 0.4) is 0 Å². The Hall–Kier alpha value is -1.44. The van der Waals surface area contributed by atoms with E-state index in [4.69, 9.17) is 0 Å². The second-order valence-electron chi connectivity index (χ2n) is 5.41. The molecule has 0 spiro atoms. The van der Waals surface area contributed by atoms with Crippen molar-refractivity contribution < 1.29 is 4.79 Å². The molecule has 23 heavy (non-hydrogen) atoms. The molecule has 2 N–H and O–H groups in total. The number of amides is 1. The Labute approximate surface area is 148 Å². The summed E-state index contributed by atoms with van der Waals surface area (Å²) in [5.41, 5.74) is 0.535. The molecule has 1 amide bonds. The maximum atomic E-state index is 12.4. The van der Waals surface area contributed by atoms with Crippen molar-refractivity contribution in [3.63, 3.8) is 0 Å². The Morgan fingerprint density at radius 1 is 1.48 bits per heavy atom. The van der Waals surface area contributed by atoms with E-state index >= 15 is 0 Å². The number of hydrogen-bond donors (Lipinski definition) is 2. The van der Waals surface area contributed by atoms with E-state index in [1.165, 1.54) is 10.9 Å². The molecule has 3 rings (SSSR count). The van der Waals surface area contributed by atoms with Gasteiger partial charge >= 0.3 is 0 Å². The van der Waals surface area contributed by atoms with Gasteiger partial charge in [-0.15, -0.1) is 12.4 Å². The van der Waals surface area contributed by atoms with E-state index in [-0.39, 0.29) is 36.3 Å². The number of nitrogens with zero attached hydrogens (tertiary/aromatic N) is 2. The van der Waals surface area contributed by atoms with E-state index in [0.717, 1.165) is 24.0 Å². The summed E-state index contributed by atoms with van der Waals surface area (Å²) in [5, 5.41) is 6.72. The predicted octanol–water partition coefficient (Wildman–Crippen LogP) is 1.45. The number of benzene rings is 1. The zero-order valence-electron chi connectivity index (χ0n) is 12.4. The summed E-state index contributed by atoms with van der Waals surface area (Å²) in [5.74, 6) is -0.0325. The van der Waals surface area contributed by atoms with Crippen molar-refractivity contribution in [2.45, 2.75) is 25.4 Å². The van der Waals surface area contributed by atoms with E-state index < -0.39 is 0 Å². The average molecular weight is 402 g/mol. The molecule has 1 aliphatic heterocycles. The quantitative estimate of drug-likeness (QED) is 0.813. The molecule has 1 fully saturated rings. The fourth-order valence-electron chi connectivity index (χ4n) is 2.59. The van der Waals surface area contributed by atoms with Crippen LogP contribution in [0.15, 0.2) is 33.8 Å². The van der Waals surface area contributed by atoms with E-state index in [2.05, 4.69) is 31.5 Å². The predicted molar refractivity (Wildman–Crippen MR) is 95.0 cm³/mol. The van der Waals surface area contributed by atoms with Gasteiger partial charge in [-0.05, 0) is 31.2 Å². The molecule has 124 valence electrons. The molecule has 0 radical (unpaired) electrons. The van der Waals surface area contributed by atoms with E-state index in [1.807, 2.05) is 6.07 Å². The van der Waals surface area contributed by atoms with Gasteiger partial charge in [-0.1, -0.05) is 15.9 Å². The van der Waals surface area contributed by atoms with Crippen LogP contribution in [-0.2, 0) is 11.3 Å². The molecule has 0 saturated carbocycles. The average Bonchev–Trinajstić information content (AvgIpc) is 3.00. The number of halogens is 2. The third-order valence-corrected chi connectivity index (χ3v) is 4.28. The van der Waals surface area contributed by atoms with Gasteiger partial charge in [0.05, 0.1) is 17.2 Å². The Balaban J connectivity index is 0.00000192. The van der Waals surface area contributed by atoms with E-state index in [1.54, 1.807) is 12.1 Å². The number of carbonyl (C=O) groups is 1. The highest BCUT2D eigenvalue weighted by Gasteiger charge is 2.16. The lowest BCUT2D eigenvalue weighted by Gasteiger charge is -2.12. The monoisotopic (exact) mass is 400 g/mol. The summed E-state index contributed by atoms with van der Waals surface area (Å²) >= 11 is 3.36. The van der Waals surface area contributed by atoms with Crippen LogP contribution in [-0.4, -0.2) is 34.6 Å². The number of fused-ring (bicyclic) bond motifs is 1. The fourth-order valence-corrected chi connectivity index (χ4v) is 2.95. The number of nitrogens with one attached hydrogen (secondary N) is 2. The minimum Gasteiger partial charge on any atom is -0.352 e. The first-order valence-corrected chi connectivity index (χ1v) is 8.07. The number of aryl methyl sites for hydroxylation is 1. The molecule has 1 aromatic heterocycles. The van der Waals surface area contributed by atoms with Gasteiger partial charge < -0.3 is 10.6 Å². The lowest BCUT2D eigenvalue weighted by Crippen LogP contribution is -2.37. The van der Waals surface area contributed by atoms with Gasteiger partial charge in [0.25, 0.3) is 5.56 Å². The highest BCUT2D eigenvalue weighted by molar-refractivity contribution is 9.10. The minimum absolute atomic E-state index is 0.